The molecule has 0 bridgehead atoms. The third-order valence-electron chi connectivity index (χ3n) is 4.79. The highest BCUT2D eigenvalue weighted by atomic mass is 16.6. The molecule has 4 heteroatoms. The Labute approximate surface area is 127 Å². The fourth-order valence-corrected chi connectivity index (χ4v) is 3.51. The molecule has 1 unspecified atom stereocenters. The summed E-state index contributed by atoms with van der Waals surface area (Å²) in [5, 5.41) is 0. The van der Waals surface area contributed by atoms with Gasteiger partial charge in [0, 0.05) is 25.8 Å². The Morgan fingerprint density at radius 2 is 2.05 bits per heavy atom. The minimum absolute atomic E-state index is 0.172. The van der Waals surface area contributed by atoms with E-state index in [1.165, 1.54) is 32.1 Å². The number of nitrogens with zero attached hydrogens (tertiary/aromatic N) is 1. The SMILES string of the molecule is CN(C)c1ccc(N)c(OCC2CCC3(CCCC3)O2)c1. The standard InChI is InChI=1S/C17H26N2O2/c1-19(2)13-5-6-15(18)16(11-13)20-12-14-7-10-17(21-14)8-3-4-9-17/h5-6,11,14H,3-4,7-10,12,18H2,1-2H3. The van der Waals surface area contributed by atoms with Gasteiger partial charge in [0.05, 0.1) is 17.4 Å². The summed E-state index contributed by atoms with van der Waals surface area (Å²) in [7, 11) is 4.03. The normalized spacial score (nSPS) is 23.6. The van der Waals surface area contributed by atoms with Gasteiger partial charge in [-0.15, -0.1) is 0 Å². The summed E-state index contributed by atoms with van der Waals surface area (Å²) >= 11 is 0. The Kier molecular flexibility index (Phi) is 3.98. The molecule has 1 spiro atoms. The highest BCUT2D eigenvalue weighted by Crippen LogP contribution is 2.43. The molecule has 2 N–H and O–H groups in total. The molecule has 0 aromatic heterocycles. The fraction of sp³-hybridized carbons (Fsp3) is 0.647. The molecule has 2 fully saturated rings. The maximum atomic E-state index is 6.27. The van der Waals surface area contributed by atoms with Crippen molar-refractivity contribution in [2.45, 2.75) is 50.2 Å². The van der Waals surface area contributed by atoms with Crippen molar-refractivity contribution in [2.24, 2.45) is 0 Å². The van der Waals surface area contributed by atoms with Gasteiger partial charge in [0.15, 0.2) is 0 Å². The van der Waals surface area contributed by atoms with Crippen LogP contribution >= 0.6 is 0 Å². The second-order valence-electron chi connectivity index (χ2n) is 6.60. The Balaban J connectivity index is 1.59. The van der Waals surface area contributed by atoms with Crippen LogP contribution in [0.3, 0.4) is 0 Å². The zero-order valence-corrected chi connectivity index (χ0v) is 13.1. The van der Waals surface area contributed by atoms with Crippen LogP contribution in [0.15, 0.2) is 18.2 Å². The quantitative estimate of drug-likeness (QED) is 0.865. The van der Waals surface area contributed by atoms with E-state index >= 15 is 0 Å². The summed E-state index contributed by atoms with van der Waals surface area (Å²) in [4.78, 5) is 2.05. The van der Waals surface area contributed by atoms with Gasteiger partial charge in [-0.25, -0.2) is 0 Å². The molecule has 1 saturated heterocycles. The summed E-state index contributed by atoms with van der Waals surface area (Å²) < 4.78 is 12.2. The van der Waals surface area contributed by atoms with Gasteiger partial charge >= 0.3 is 0 Å². The summed E-state index contributed by atoms with van der Waals surface area (Å²) in [5.41, 5.74) is 7.96. The van der Waals surface area contributed by atoms with Crippen LogP contribution in [0.25, 0.3) is 0 Å². The third kappa shape index (κ3) is 3.10. The van der Waals surface area contributed by atoms with E-state index in [9.17, 15) is 0 Å². The average molecular weight is 290 g/mol. The second-order valence-corrected chi connectivity index (χ2v) is 6.60. The minimum atomic E-state index is 0.172. The zero-order chi connectivity index (χ0) is 14.9. The molecule has 4 nitrogen and oxygen atoms in total. The van der Waals surface area contributed by atoms with E-state index in [1.807, 2.05) is 37.2 Å². The van der Waals surface area contributed by atoms with E-state index in [4.69, 9.17) is 15.2 Å². The first-order chi connectivity index (χ1) is 10.1. The molecule has 1 aliphatic heterocycles. The molecular formula is C17H26N2O2. The van der Waals surface area contributed by atoms with E-state index in [2.05, 4.69) is 0 Å². The first kappa shape index (κ1) is 14.5. The van der Waals surface area contributed by atoms with Gasteiger partial charge in [-0.05, 0) is 37.8 Å². The van der Waals surface area contributed by atoms with Gasteiger partial charge in [-0.3, -0.25) is 0 Å². The molecule has 1 heterocycles. The first-order valence-electron chi connectivity index (χ1n) is 7.95. The van der Waals surface area contributed by atoms with Crippen molar-refractivity contribution in [3.8, 4) is 5.75 Å². The van der Waals surface area contributed by atoms with Gasteiger partial charge < -0.3 is 20.1 Å². The maximum Gasteiger partial charge on any atom is 0.144 e. The lowest BCUT2D eigenvalue weighted by atomic mass is 9.98. The van der Waals surface area contributed by atoms with E-state index in [-0.39, 0.29) is 11.7 Å². The molecule has 2 aliphatic rings. The summed E-state index contributed by atoms with van der Waals surface area (Å²) in [6, 6.07) is 5.90. The average Bonchev–Trinajstić information content (AvgIpc) is 3.08. The molecule has 1 aromatic rings. The molecule has 0 radical (unpaired) electrons. The molecule has 116 valence electrons. The number of anilines is 2. The molecule has 3 rings (SSSR count). The van der Waals surface area contributed by atoms with Crippen molar-refractivity contribution >= 4 is 11.4 Å². The topological polar surface area (TPSA) is 47.7 Å². The minimum Gasteiger partial charge on any atom is -0.489 e. The number of hydrogen-bond acceptors (Lipinski definition) is 4. The molecule has 1 saturated carbocycles. The fourth-order valence-electron chi connectivity index (χ4n) is 3.51. The predicted octanol–water partition coefficient (Wildman–Crippen LogP) is 3.21. The van der Waals surface area contributed by atoms with Crippen molar-refractivity contribution in [3.63, 3.8) is 0 Å². The van der Waals surface area contributed by atoms with E-state index in [0.717, 1.165) is 17.9 Å². The Hall–Kier alpha value is -1.42. The van der Waals surface area contributed by atoms with Crippen LogP contribution in [0.1, 0.15) is 38.5 Å². The van der Waals surface area contributed by atoms with Gasteiger partial charge in [0.1, 0.15) is 12.4 Å². The van der Waals surface area contributed by atoms with Crippen LogP contribution in [0.2, 0.25) is 0 Å². The Morgan fingerprint density at radius 3 is 2.76 bits per heavy atom. The van der Waals surface area contributed by atoms with Crippen LogP contribution in [-0.2, 0) is 4.74 Å². The lowest BCUT2D eigenvalue weighted by Gasteiger charge is -2.24. The van der Waals surface area contributed by atoms with E-state index in [0.29, 0.717) is 12.3 Å². The van der Waals surface area contributed by atoms with Crippen molar-refractivity contribution in [1.82, 2.24) is 0 Å². The van der Waals surface area contributed by atoms with Crippen molar-refractivity contribution < 1.29 is 9.47 Å². The molecule has 1 aromatic carbocycles. The number of nitrogens with two attached hydrogens (primary N) is 1. The third-order valence-corrected chi connectivity index (χ3v) is 4.79. The van der Waals surface area contributed by atoms with Gasteiger partial charge in [0.25, 0.3) is 0 Å². The van der Waals surface area contributed by atoms with Crippen LogP contribution in [0.4, 0.5) is 11.4 Å². The van der Waals surface area contributed by atoms with Gasteiger partial charge in [0.2, 0.25) is 0 Å². The highest BCUT2D eigenvalue weighted by Gasteiger charge is 2.42. The lowest BCUT2D eigenvalue weighted by molar-refractivity contribution is -0.0507. The lowest BCUT2D eigenvalue weighted by Crippen LogP contribution is -2.27. The number of nitrogen functional groups attached to an aromatic ring is 1. The zero-order valence-electron chi connectivity index (χ0n) is 13.1. The number of rotatable bonds is 4. The number of ether oxygens (including phenoxy) is 2. The van der Waals surface area contributed by atoms with Crippen LogP contribution in [0, 0.1) is 0 Å². The van der Waals surface area contributed by atoms with Crippen LogP contribution in [-0.4, -0.2) is 32.4 Å². The van der Waals surface area contributed by atoms with E-state index < -0.39 is 0 Å². The van der Waals surface area contributed by atoms with Crippen molar-refractivity contribution in [2.75, 3.05) is 31.3 Å². The van der Waals surface area contributed by atoms with Crippen LogP contribution in [0.5, 0.6) is 5.75 Å². The van der Waals surface area contributed by atoms with Gasteiger partial charge in [-0.2, -0.15) is 0 Å². The number of benzene rings is 1. The Morgan fingerprint density at radius 1 is 1.29 bits per heavy atom. The summed E-state index contributed by atoms with van der Waals surface area (Å²) in [5.74, 6) is 0.761. The molecule has 21 heavy (non-hydrogen) atoms. The van der Waals surface area contributed by atoms with Crippen molar-refractivity contribution in [3.05, 3.63) is 18.2 Å². The monoisotopic (exact) mass is 290 g/mol. The maximum absolute atomic E-state index is 6.27. The van der Waals surface area contributed by atoms with E-state index in [1.54, 1.807) is 0 Å². The Bertz CT molecular complexity index is 496. The summed E-state index contributed by atoms with van der Waals surface area (Å²) in [6.07, 6.45) is 7.58. The largest absolute Gasteiger partial charge is 0.489 e. The summed E-state index contributed by atoms with van der Waals surface area (Å²) in [6.45, 7) is 0.600. The number of hydrogen-bond donors (Lipinski definition) is 1. The molecule has 1 atom stereocenters. The smallest absolute Gasteiger partial charge is 0.144 e. The second kappa shape index (κ2) is 5.76. The molecule has 0 amide bonds. The van der Waals surface area contributed by atoms with Crippen molar-refractivity contribution in [1.29, 1.82) is 0 Å². The predicted molar refractivity (Wildman–Crippen MR) is 86.0 cm³/mol. The molecule has 1 aliphatic carbocycles. The molecular weight excluding hydrogens is 264 g/mol. The first-order valence-corrected chi connectivity index (χ1v) is 7.95. The highest BCUT2D eigenvalue weighted by molar-refractivity contribution is 5.61. The van der Waals surface area contributed by atoms with Gasteiger partial charge in [-0.1, -0.05) is 12.8 Å². The van der Waals surface area contributed by atoms with Crippen LogP contribution < -0.4 is 15.4 Å².